The first kappa shape index (κ1) is 23.1. The molecule has 0 saturated carbocycles. The topological polar surface area (TPSA) is 97.0 Å². The number of imide groups is 1. The van der Waals surface area contributed by atoms with E-state index < -0.39 is 18.0 Å². The summed E-state index contributed by atoms with van der Waals surface area (Å²) in [6.07, 6.45) is 0.119. The molecule has 8 nitrogen and oxygen atoms in total. The maximum Gasteiger partial charge on any atom is 0.322 e. The van der Waals surface area contributed by atoms with E-state index in [2.05, 4.69) is 10.6 Å². The van der Waals surface area contributed by atoms with Crippen LogP contribution in [0.1, 0.15) is 24.5 Å². The number of carbonyl (C=O) groups is 3. The van der Waals surface area contributed by atoms with Crippen molar-refractivity contribution in [2.24, 2.45) is 0 Å². The number of hydrogen-bond acceptors (Lipinski definition) is 5. The number of carbonyl (C=O) groups excluding carboxylic acids is 3. The first-order valence-corrected chi connectivity index (χ1v) is 11.1. The molecule has 1 aliphatic heterocycles. The Morgan fingerprint density at radius 3 is 2.47 bits per heavy atom. The van der Waals surface area contributed by atoms with Crippen LogP contribution in [0.3, 0.4) is 0 Å². The van der Waals surface area contributed by atoms with Crippen molar-refractivity contribution in [1.29, 1.82) is 0 Å². The summed E-state index contributed by atoms with van der Waals surface area (Å²) in [7, 11) is 3.30. The van der Waals surface area contributed by atoms with Gasteiger partial charge in [-0.2, -0.15) is 0 Å². The molecule has 176 valence electrons. The van der Waals surface area contributed by atoms with Gasteiger partial charge in [0.05, 0.1) is 13.5 Å². The van der Waals surface area contributed by atoms with E-state index >= 15 is 0 Å². The lowest BCUT2D eigenvalue weighted by Crippen LogP contribution is -2.37. The molecule has 0 aromatic heterocycles. The van der Waals surface area contributed by atoms with Gasteiger partial charge in [0.15, 0.2) is 0 Å². The molecule has 1 heterocycles. The molecule has 0 spiro atoms. The zero-order valence-electron chi connectivity index (χ0n) is 19.1. The predicted molar refractivity (Wildman–Crippen MR) is 128 cm³/mol. The molecule has 34 heavy (non-hydrogen) atoms. The highest BCUT2D eigenvalue weighted by Crippen LogP contribution is 2.32. The molecule has 1 saturated heterocycles. The third-order valence-electron chi connectivity index (χ3n) is 5.90. The number of methoxy groups -OCH3 is 1. The smallest absolute Gasteiger partial charge is 0.322 e. The van der Waals surface area contributed by atoms with Crippen molar-refractivity contribution in [1.82, 2.24) is 15.5 Å². The quantitative estimate of drug-likeness (QED) is 0.476. The third kappa shape index (κ3) is 5.28. The van der Waals surface area contributed by atoms with Gasteiger partial charge in [-0.05, 0) is 29.1 Å². The third-order valence-corrected chi connectivity index (χ3v) is 5.90. The summed E-state index contributed by atoms with van der Waals surface area (Å²) < 4.78 is 11.8. The summed E-state index contributed by atoms with van der Waals surface area (Å²) in [6, 6.07) is 20.2. The monoisotopic (exact) mass is 461 g/mol. The predicted octanol–water partition coefficient (Wildman–Crippen LogP) is 3.42. The van der Waals surface area contributed by atoms with Crippen molar-refractivity contribution in [2.45, 2.75) is 25.0 Å². The fraction of sp³-hybridized carbons (Fsp3) is 0.269. The Hall–Kier alpha value is -4.07. The minimum Gasteiger partial charge on any atom is -0.497 e. The lowest BCUT2D eigenvalue weighted by atomic mass is 10.0. The number of rotatable bonds is 9. The lowest BCUT2D eigenvalue weighted by molar-refractivity contribution is -0.133. The van der Waals surface area contributed by atoms with Crippen molar-refractivity contribution in [2.75, 3.05) is 20.7 Å². The first-order chi connectivity index (χ1) is 16.4. The van der Waals surface area contributed by atoms with Crippen LogP contribution in [0.2, 0.25) is 0 Å². The fourth-order valence-corrected chi connectivity index (χ4v) is 3.93. The van der Waals surface area contributed by atoms with Crippen molar-refractivity contribution in [3.8, 4) is 11.5 Å². The van der Waals surface area contributed by atoms with Crippen LogP contribution >= 0.6 is 0 Å². The second-order valence-corrected chi connectivity index (χ2v) is 8.18. The van der Waals surface area contributed by atoms with Crippen LogP contribution in [0.15, 0.2) is 66.7 Å². The van der Waals surface area contributed by atoms with E-state index in [0.29, 0.717) is 13.0 Å². The highest BCUT2D eigenvalue weighted by atomic mass is 16.5. The van der Waals surface area contributed by atoms with E-state index in [-0.39, 0.29) is 18.4 Å². The number of hydrogen-bond donors (Lipinski definition) is 2. The lowest BCUT2D eigenvalue weighted by Gasteiger charge is -2.24. The van der Waals surface area contributed by atoms with E-state index in [0.717, 1.165) is 27.8 Å². The normalized spacial score (nSPS) is 16.0. The Morgan fingerprint density at radius 1 is 1.03 bits per heavy atom. The second kappa shape index (κ2) is 10.2. The number of nitrogens with one attached hydrogen (secondary N) is 2. The molecule has 3 aromatic carbocycles. The molecule has 2 unspecified atom stereocenters. The molecule has 0 bridgehead atoms. The van der Waals surface area contributed by atoms with E-state index in [1.54, 1.807) is 19.1 Å². The molecule has 2 N–H and O–H groups in total. The number of amides is 4. The largest absolute Gasteiger partial charge is 0.497 e. The van der Waals surface area contributed by atoms with Gasteiger partial charge in [0.25, 0.3) is 5.91 Å². The van der Waals surface area contributed by atoms with Gasteiger partial charge in [-0.1, -0.05) is 48.5 Å². The van der Waals surface area contributed by atoms with Gasteiger partial charge in [-0.15, -0.1) is 0 Å². The number of fused-ring (bicyclic) bond motifs is 1. The minimum atomic E-state index is -0.841. The van der Waals surface area contributed by atoms with Crippen molar-refractivity contribution in [3.63, 3.8) is 0 Å². The molecular weight excluding hydrogens is 434 g/mol. The molecule has 1 aliphatic rings. The Labute approximate surface area is 197 Å². The van der Waals surface area contributed by atoms with Crippen molar-refractivity contribution in [3.05, 3.63) is 72.3 Å². The van der Waals surface area contributed by atoms with Gasteiger partial charge in [0.2, 0.25) is 5.91 Å². The van der Waals surface area contributed by atoms with Crippen molar-refractivity contribution >= 4 is 28.6 Å². The Morgan fingerprint density at radius 2 is 1.76 bits per heavy atom. The number of benzene rings is 3. The zero-order valence-corrected chi connectivity index (χ0v) is 19.1. The first-order valence-electron chi connectivity index (χ1n) is 11.1. The van der Waals surface area contributed by atoms with E-state index in [1.165, 1.54) is 0 Å². The Kier molecular flexibility index (Phi) is 6.96. The summed E-state index contributed by atoms with van der Waals surface area (Å²) in [5, 5.41) is 6.69. The van der Waals surface area contributed by atoms with E-state index in [9.17, 15) is 14.4 Å². The van der Waals surface area contributed by atoms with Gasteiger partial charge in [0, 0.05) is 25.4 Å². The van der Waals surface area contributed by atoms with E-state index in [1.807, 2.05) is 66.7 Å². The molecule has 8 heteroatoms. The second-order valence-electron chi connectivity index (χ2n) is 8.18. The highest BCUT2D eigenvalue weighted by Gasteiger charge is 2.32. The van der Waals surface area contributed by atoms with Crippen LogP contribution in [0.5, 0.6) is 11.5 Å². The number of urea groups is 1. The van der Waals surface area contributed by atoms with Crippen LogP contribution in [0.25, 0.3) is 10.8 Å². The summed E-state index contributed by atoms with van der Waals surface area (Å²) >= 11 is 0. The summed E-state index contributed by atoms with van der Waals surface area (Å²) in [6.45, 7) is 0.405. The molecule has 0 radical (unpaired) electrons. The van der Waals surface area contributed by atoms with Crippen molar-refractivity contribution < 1.29 is 23.9 Å². The molecule has 4 rings (SSSR count). The zero-order chi connectivity index (χ0) is 24.1. The maximum absolute atomic E-state index is 12.7. The van der Waals surface area contributed by atoms with Gasteiger partial charge in [-0.25, -0.2) is 4.79 Å². The molecule has 0 aliphatic carbocycles. The maximum atomic E-state index is 12.7. The summed E-state index contributed by atoms with van der Waals surface area (Å²) in [5.41, 5.74) is 0.956. The average Bonchev–Trinajstić information content (AvgIpc) is 3.17. The van der Waals surface area contributed by atoms with Crippen LogP contribution < -0.4 is 20.1 Å². The SMILES string of the molecule is COc1ccc(C(CCN(C)C(=O)CC2NC(=O)NC2=O)Oc2cccc3ccccc23)cc1. The van der Waals surface area contributed by atoms with Gasteiger partial charge in [-0.3, -0.25) is 14.9 Å². The molecule has 2 atom stereocenters. The van der Waals surface area contributed by atoms with Gasteiger partial charge in [0.1, 0.15) is 23.6 Å². The molecule has 4 amide bonds. The van der Waals surface area contributed by atoms with Crippen LogP contribution in [0, 0.1) is 0 Å². The standard InChI is InChI=1S/C26H27N3O5/c1-29(24(30)16-21-25(31)28-26(32)27-21)15-14-22(18-10-12-19(33-2)13-11-18)34-23-9-5-7-17-6-3-4-8-20(17)23/h3-13,21-22H,14-16H2,1-2H3,(H2,27,28,31,32). The average molecular weight is 462 g/mol. The minimum absolute atomic E-state index is 0.0918. The Bertz CT molecular complexity index is 1190. The van der Waals surface area contributed by atoms with Crippen LogP contribution in [-0.4, -0.2) is 49.5 Å². The molecule has 3 aromatic rings. The molecule has 1 fully saturated rings. The summed E-state index contributed by atoms with van der Waals surface area (Å²) in [5.74, 6) is 0.790. The van der Waals surface area contributed by atoms with Gasteiger partial charge < -0.3 is 19.7 Å². The Balaban J connectivity index is 1.49. The number of ether oxygens (including phenoxy) is 2. The van der Waals surface area contributed by atoms with Crippen LogP contribution in [-0.2, 0) is 9.59 Å². The van der Waals surface area contributed by atoms with Crippen LogP contribution in [0.4, 0.5) is 4.79 Å². The fourth-order valence-electron chi connectivity index (χ4n) is 3.93. The summed E-state index contributed by atoms with van der Waals surface area (Å²) in [4.78, 5) is 37.3. The number of nitrogens with zero attached hydrogens (tertiary/aromatic N) is 1. The van der Waals surface area contributed by atoms with Gasteiger partial charge >= 0.3 is 6.03 Å². The molecular formula is C26H27N3O5. The highest BCUT2D eigenvalue weighted by molar-refractivity contribution is 6.05. The van der Waals surface area contributed by atoms with E-state index in [4.69, 9.17) is 9.47 Å².